The van der Waals surface area contributed by atoms with Crippen molar-refractivity contribution in [2.75, 3.05) is 13.2 Å². The molecule has 3 atom stereocenters. The van der Waals surface area contributed by atoms with Gasteiger partial charge in [0.2, 0.25) is 5.91 Å². The third kappa shape index (κ3) is 4.55. The van der Waals surface area contributed by atoms with Crippen LogP contribution in [0.1, 0.15) is 49.8 Å². The van der Waals surface area contributed by atoms with Crippen molar-refractivity contribution in [3.05, 3.63) is 35.4 Å². The molecular weight excluding hydrogens is 276 g/mol. The molecule has 0 bridgehead atoms. The van der Waals surface area contributed by atoms with Crippen molar-refractivity contribution in [2.45, 2.75) is 51.7 Å². The van der Waals surface area contributed by atoms with Gasteiger partial charge in [0.1, 0.15) is 0 Å². The summed E-state index contributed by atoms with van der Waals surface area (Å²) >= 11 is 0. The molecule has 1 aromatic rings. The maximum atomic E-state index is 12.0. The van der Waals surface area contributed by atoms with Crippen LogP contribution in [0.3, 0.4) is 0 Å². The molecule has 0 aliphatic carbocycles. The molecular formula is C18H28N2O2. The Morgan fingerprint density at radius 1 is 1.41 bits per heavy atom. The van der Waals surface area contributed by atoms with Crippen LogP contribution in [0.15, 0.2) is 24.3 Å². The van der Waals surface area contributed by atoms with Crippen molar-refractivity contribution in [1.29, 1.82) is 0 Å². The van der Waals surface area contributed by atoms with Crippen molar-refractivity contribution in [2.24, 2.45) is 11.7 Å². The first-order valence-electron chi connectivity index (χ1n) is 8.33. The molecule has 122 valence electrons. The summed E-state index contributed by atoms with van der Waals surface area (Å²) in [7, 11) is 0. The van der Waals surface area contributed by atoms with Gasteiger partial charge in [-0.05, 0) is 31.7 Å². The third-order valence-electron chi connectivity index (χ3n) is 4.33. The average Bonchev–Trinajstić information content (AvgIpc) is 2.54. The van der Waals surface area contributed by atoms with Gasteiger partial charge in [-0.1, -0.05) is 43.2 Å². The summed E-state index contributed by atoms with van der Waals surface area (Å²) in [6.45, 7) is 5.54. The molecule has 2 rings (SSSR count). The summed E-state index contributed by atoms with van der Waals surface area (Å²) < 4.78 is 5.97. The lowest BCUT2D eigenvalue weighted by Gasteiger charge is -2.32. The number of aryl methyl sites for hydroxylation is 1. The Morgan fingerprint density at radius 3 is 2.82 bits per heavy atom. The zero-order chi connectivity index (χ0) is 15.9. The standard InChI is InChI=1S/C18H28N2O2/c1-3-5-16(19)18(21)20-12-15-6-4-11-22-17(15)14-9-7-13(2)8-10-14/h7-10,15-17H,3-6,11-12,19H2,1-2H3,(H,20,21). The molecule has 0 spiro atoms. The topological polar surface area (TPSA) is 64.4 Å². The van der Waals surface area contributed by atoms with Gasteiger partial charge in [0.05, 0.1) is 12.1 Å². The second-order valence-corrected chi connectivity index (χ2v) is 6.24. The fourth-order valence-electron chi connectivity index (χ4n) is 2.98. The molecule has 4 nitrogen and oxygen atoms in total. The Kier molecular flexibility index (Phi) is 6.40. The van der Waals surface area contributed by atoms with Crippen LogP contribution in [-0.2, 0) is 9.53 Å². The number of amides is 1. The lowest BCUT2D eigenvalue weighted by Crippen LogP contribution is -2.43. The van der Waals surface area contributed by atoms with E-state index in [4.69, 9.17) is 10.5 Å². The Bertz CT molecular complexity index is 472. The number of carbonyl (C=O) groups excluding carboxylic acids is 1. The second kappa shape index (κ2) is 8.30. The van der Waals surface area contributed by atoms with Crippen molar-refractivity contribution in [3.8, 4) is 0 Å². The molecule has 0 saturated carbocycles. The number of hydrogen-bond donors (Lipinski definition) is 2. The quantitative estimate of drug-likeness (QED) is 0.849. The summed E-state index contributed by atoms with van der Waals surface area (Å²) in [5, 5.41) is 3.00. The van der Waals surface area contributed by atoms with Gasteiger partial charge >= 0.3 is 0 Å². The van der Waals surface area contributed by atoms with Crippen LogP contribution >= 0.6 is 0 Å². The number of hydrogen-bond acceptors (Lipinski definition) is 3. The Hall–Kier alpha value is -1.39. The zero-order valence-corrected chi connectivity index (χ0v) is 13.7. The number of benzene rings is 1. The lowest BCUT2D eigenvalue weighted by atomic mass is 9.89. The van der Waals surface area contributed by atoms with Gasteiger partial charge in [-0.2, -0.15) is 0 Å². The van der Waals surface area contributed by atoms with Gasteiger partial charge in [0, 0.05) is 19.1 Å². The largest absolute Gasteiger partial charge is 0.373 e. The summed E-state index contributed by atoms with van der Waals surface area (Å²) in [4.78, 5) is 12.0. The molecule has 1 saturated heterocycles. The van der Waals surface area contributed by atoms with Crippen molar-refractivity contribution in [3.63, 3.8) is 0 Å². The number of ether oxygens (including phenoxy) is 1. The third-order valence-corrected chi connectivity index (χ3v) is 4.33. The van der Waals surface area contributed by atoms with E-state index in [2.05, 4.69) is 36.5 Å². The summed E-state index contributed by atoms with van der Waals surface area (Å²) in [5.74, 6) is 0.268. The Labute approximate surface area is 133 Å². The van der Waals surface area contributed by atoms with E-state index in [9.17, 15) is 4.79 Å². The smallest absolute Gasteiger partial charge is 0.236 e. The fraction of sp³-hybridized carbons (Fsp3) is 0.611. The van der Waals surface area contributed by atoms with Crippen molar-refractivity contribution in [1.82, 2.24) is 5.32 Å². The van der Waals surface area contributed by atoms with E-state index in [0.717, 1.165) is 32.3 Å². The molecule has 0 aromatic heterocycles. The van der Waals surface area contributed by atoms with Gasteiger partial charge in [-0.15, -0.1) is 0 Å². The van der Waals surface area contributed by atoms with Gasteiger partial charge in [-0.3, -0.25) is 4.79 Å². The summed E-state index contributed by atoms with van der Waals surface area (Å²) in [6.07, 6.45) is 3.84. The van der Waals surface area contributed by atoms with E-state index in [-0.39, 0.29) is 12.0 Å². The van der Waals surface area contributed by atoms with Crippen LogP contribution in [-0.4, -0.2) is 25.1 Å². The SMILES string of the molecule is CCCC(N)C(=O)NCC1CCCOC1c1ccc(C)cc1. The molecule has 0 radical (unpaired) electrons. The maximum absolute atomic E-state index is 12.0. The monoisotopic (exact) mass is 304 g/mol. The highest BCUT2D eigenvalue weighted by atomic mass is 16.5. The number of nitrogens with two attached hydrogens (primary N) is 1. The Balaban J connectivity index is 1.95. The average molecular weight is 304 g/mol. The minimum Gasteiger partial charge on any atom is -0.373 e. The first kappa shape index (κ1) is 17.0. The Morgan fingerprint density at radius 2 is 2.14 bits per heavy atom. The van der Waals surface area contributed by atoms with Crippen LogP contribution in [0.5, 0.6) is 0 Å². The van der Waals surface area contributed by atoms with E-state index in [1.54, 1.807) is 0 Å². The highest BCUT2D eigenvalue weighted by Gasteiger charge is 2.28. The number of carbonyl (C=O) groups is 1. The molecule has 1 amide bonds. The normalized spacial score (nSPS) is 23.0. The molecule has 1 aliphatic rings. The predicted molar refractivity (Wildman–Crippen MR) is 88.5 cm³/mol. The zero-order valence-electron chi connectivity index (χ0n) is 13.7. The van der Waals surface area contributed by atoms with E-state index >= 15 is 0 Å². The van der Waals surface area contributed by atoms with E-state index in [1.165, 1.54) is 11.1 Å². The first-order chi connectivity index (χ1) is 10.6. The van der Waals surface area contributed by atoms with Crippen molar-refractivity contribution >= 4 is 5.91 Å². The van der Waals surface area contributed by atoms with Crippen LogP contribution < -0.4 is 11.1 Å². The van der Waals surface area contributed by atoms with E-state index in [1.807, 2.05) is 6.92 Å². The molecule has 3 unspecified atom stereocenters. The van der Waals surface area contributed by atoms with E-state index in [0.29, 0.717) is 12.5 Å². The van der Waals surface area contributed by atoms with Crippen LogP contribution in [0.25, 0.3) is 0 Å². The number of rotatable bonds is 6. The number of nitrogens with one attached hydrogen (secondary N) is 1. The second-order valence-electron chi connectivity index (χ2n) is 6.24. The molecule has 4 heteroatoms. The highest BCUT2D eigenvalue weighted by molar-refractivity contribution is 5.81. The summed E-state index contributed by atoms with van der Waals surface area (Å²) in [6, 6.07) is 8.08. The molecule has 1 fully saturated rings. The molecule has 1 aliphatic heterocycles. The van der Waals surface area contributed by atoms with Crippen LogP contribution in [0.2, 0.25) is 0 Å². The van der Waals surface area contributed by atoms with Gasteiger partial charge in [0.15, 0.2) is 0 Å². The minimum atomic E-state index is -0.396. The molecule has 1 aromatic carbocycles. The molecule has 1 heterocycles. The molecule has 22 heavy (non-hydrogen) atoms. The fourth-order valence-corrected chi connectivity index (χ4v) is 2.98. The van der Waals surface area contributed by atoms with Crippen molar-refractivity contribution < 1.29 is 9.53 Å². The lowest BCUT2D eigenvalue weighted by molar-refractivity contribution is -0.123. The van der Waals surface area contributed by atoms with Crippen LogP contribution in [0, 0.1) is 12.8 Å². The first-order valence-corrected chi connectivity index (χ1v) is 8.33. The van der Waals surface area contributed by atoms with Gasteiger partial charge in [-0.25, -0.2) is 0 Å². The van der Waals surface area contributed by atoms with E-state index < -0.39 is 6.04 Å². The van der Waals surface area contributed by atoms with Gasteiger partial charge in [0.25, 0.3) is 0 Å². The predicted octanol–water partition coefficient (Wildman–Crippen LogP) is 2.71. The maximum Gasteiger partial charge on any atom is 0.236 e. The van der Waals surface area contributed by atoms with Gasteiger partial charge < -0.3 is 15.8 Å². The minimum absolute atomic E-state index is 0.0462. The van der Waals surface area contributed by atoms with Crippen LogP contribution in [0.4, 0.5) is 0 Å². The summed E-state index contributed by atoms with van der Waals surface area (Å²) in [5.41, 5.74) is 8.30. The molecule has 3 N–H and O–H groups in total. The highest BCUT2D eigenvalue weighted by Crippen LogP contribution is 2.33.